The molecule has 2 aromatic heterocycles. The van der Waals surface area contributed by atoms with Crippen molar-refractivity contribution in [3.8, 4) is 0 Å². The Morgan fingerprint density at radius 1 is 1.26 bits per heavy atom. The summed E-state index contributed by atoms with van der Waals surface area (Å²) in [5.74, 6) is 0.230. The van der Waals surface area contributed by atoms with Gasteiger partial charge in [0.2, 0.25) is 0 Å². The van der Waals surface area contributed by atoms with E-state index >= 15 is 0 Å². The van der Waals surface area contributed by atoms with E-state index in [1.54, 1.807) is 25.2 Å². The lowest BCUT2D eigenvalue weighted by Gasteiger charge is -2.11. The highest BCUT2D eigenvalue weighted by molar-refractivity contribution is 9.10. The number of hydrogen-bond acceptors (Lipinski definition) is 5. The van der Waals surface area contributed by atoms with Gasteiger partial charge in [-0.05, 0) is 34.1 Å². The fraction of sp³-hybridized carbons (Fsp3) is 0.0909. The Morgan fingerprint density at radius 3 is 2.74 bits per heavy atom. The first-order chi connectivity index (χ1) is 9.04. The Bertz CT molecular complexity index is 691. The first kappa shape index (κ1) is 13.8. The maximum atomic E-state index is 12.3. The van der Waals surface area contributed by atoms with E-state index in [4.69, 9.17) is 0 Å². The number of nitrogens with one attached hydrogen (secondary N) is 2. The van der Waals surface area contributed by atoms with Crippen molar-refractivity contribution in [2.45, 2.75) is 4.90 Å². The number of rotatable bonds is 4. The first-order valence-electron chi connectivity index (χ1n) is 5.29. The second-order valence-electron chi connectivity index (χ2n) is 3.56. The van der Waals surface area contributed by atoms with Gasteiger partial charge in [-0.2, -0.15) is 0 Å². The lowest BCUT2D eigenvalue weighted by Crippen LogP contribution is -2.16. The summed E-state index contributed by atoms with van der Waals surface area (Å²) in [4.78, 5) is 7.86. The monoisotopic (exact) mass is 342 g/mol. The third-order valence-corrected chi connectivity index (χ3v) is 4.34. The van der Waals surface area contributed by atoms with Crippen LogP contribution in [0.3, 0.4) is 0 Å². The van der Waals surface area contributed by atoms with Crippen LogP contribution < -0.4 is 10.0 Å². The SMILES string of the molecule is CNc1ccncc1S(=O)(=O)Nc1ncccc1Br. The first-order valence-corrected chi connectivity index (χ1v) is 7.57. The Kier molecular flexibility index (Phi) is 4.01. The molecular weight excluding hydrogens is 332 g/mol. The molecule has 2 N–H and O–H groups in total. The number of aromatic nitrogens is 2. The van der Waals surface area contributed by atoms with Gasteiger partial charge in [0.05, 0.1) is 10.2 Å². The summed E-state index contributed by atoms with van der Waals surface area (Å²) in [6.45, 7) is 0. The Labute approximate surface area is 119 Å². The molecule has 0 unspecified atom stereocenters. The summed E-state index contributed by atoms with van der Waals surface area (Å²) in [5, 5.41) is 2.81. The van der Waals surface area contributed by atoms with Gasteiger partial charge in [-0.1, -0.05) is 0 Å². The maximum absolute atomic E-state index is 12.3. The fourth-order valence-corrected chi connectivity index (χ4v) is 3.12. The largest absolute Gasteiger partial charge is 0.387 e. The molecule has 100 valence electrons. The molecule has 0 aliphatic rings. The van der Waals surface area contributed by atoms with Gasteiger partial charge >= 0.3 is 0 Å². The molecule has 0 aliphatic heterocycles. The fourth-order valence-electron chi connectivity index (χ4n) is 1.44. The Hall–Kier alpha value is -1.67. The van der Waals surface area contributed by atoms with E-state index in [-0.39, 0.29) is 10.7 Å². The van der Waals surface area contributed by atoms with Gasteiger partial charge in [0, 0.05) is 25.6 Å². The van der Waals surface area contributed by atoms with Gasteiger partial charge < -0.3 is 5.32 Å². The summed E-state index contributed by atoms with van der Waals surface area (Å²) in [7, 11) is -2.10. The van der Waals surface area contributed by atoms with Crippen molar-refractivity contribution in [3.05, 3.63) is 41.3 Å². The number of sulfonamides is 1. The van der Waals surface area contributed by atoms with Crippen molar-refractivity contribution in [1.29, 1.82) is 0 Å². The van der Waals surface area contributed by atoms with E-state index in [0.29, 0.717) is 10.2 Å². The van der Waals surface area contributed by atoms with Crippen molar-refractivity contribution in [3.63, 3.8) is 0 Å². The van der Waals surface area contributed by atoms with Gasteiger partial charge in [-0.3, -0.25) is 9.71 Å². The normalized spacial score (nSPS) is 11.1. The highest BCUT2D eigenvalue weighted by Gasteiger charge is 2.19. The number of hydrogen-bond donors (Lipinski definition) is 2. The third kappa shape index (κ3) is 3.02. The lowest BCUT2D eigenvalue weighted by molar-refractivity contribution is 0.601. The van der Waals surface area contributed by atoms with Gasteiger partial charge in [0.25, 0.3) is 10.0 Å². The van der Waals surface area contributed by atoms with E-state index in [0.717, 1.165) is 0 Å². The molecule has 2 heterocycles. The van der Waals surface area contributed by atoms with E-state index in [2.05, 4.69) is 35.9 Å². The standard InChI is InChI=1S/C11H11BrN4O2S/c1-13-9-4-6-14-7-10(9)19(17,18)16-11-8(12)3-2-5-15-11/h2-7H,1H3,(H,13,14)(H,15,16). The van der Waals surface area contributed by atoms with Crippen LogP contribution in [-0.4, -0.2) is 25.4 Å². The molecular formula is C11H11BrN4O2S. The second kappa shape index (κ2) is 5.54. The summed E-state index contributed by atoms with van der Waals surface area (Å²) in [6, 6.07) is 4.99. The van der Waals surface area contributed by atoms with Crippen molar-refractivity contribution in [1.82, 2.24) is 9.97 Å². The number of anilines is 2. The molecule has 2 rings (SSSR count). The smallest absolute Gasteiger partial charge is 0.266 e. The lowest BCUT2D eigenvalue weighted by atomic mass is 10.4. The minimum Gasteiger partial charge on any atom is -0.387 e. The molecule has 0 radical (unpaired) electrons. The van der Waals surface area contributed by atoms with Crippen LogP contribution >= 0.6 is 15.9 Å². The zero-order valence-corrected chi connectivity index (χ0v) is 12.4. The summed E-state index contributed by atoms with van der Waals surface area (Å²) >= 11 is 3.24. The van der Waals surface area contributed by atoms with Crippen molar-refractivity contribution < 1.29 is 8.42 Å². The van der Waals surface area contributed by atoms with Crippen LogP contribution in [0, 0.1) is 0 Å². The van der Waals surface area contributed by atoms with Gasteiger partial charge in [-0.15, -0.1) is 0 Å². The van der Waals surface area contributed by atoms with Crippen molar-refractivity contribution in [2.24, 2.45) is 0 Å². The minimum atomic E-state index is -3.75. The van der Waals surface area contributed by atoms with Crippen LogP contribution in [0.15, 0.2) is 46.2 Å². The average Bonchev–Trinajstić information content (AvgIpc) is 2.41. The molecule has 0 aromatic carbocycles. The molecule has 0 aliphatic carbocycles. The molecule has 8 heteroatoms. The summed E-state index contributed by atoms with van der Waals surface area (Å²) in [5.41, 5.74) is 0.467. The molecule has 2 aromatic rings. The van der Waals surface area contributed by atoms with Gasteiger partial charge in [0.1, 0.15) is 4.90 Å². The number of nitrogens with zero attached hydrogens (tertiary/aromatic N) is 2. The van der Waals surface area contributed by atoms with E-state index in [1.807, 2.05) is 0 Å². The van der Waals surface area contributed by atoms with Crippen molar-refractivity contribution >= 4 is 37.5 Å². The van der Waals surface area contributed by atoms with E-state index in [9.17, 15) is 8.42 Å². The summed E-state index contributed by atoms with van der Waals surface area (Å²) < 4.78 is 27.5. The van der Waals surface area contributed by atoms with Crippen molar-refractivity contribution in [2.75, 3.05) is 17.1 Å². The zero-order valence-electron chi connectivity index (χ0n) is 9.96. The second-order valence-corrected chi connectivity index (χ2v) is 6.07. The molecule has 0 spiro atoms. The molecule has 0 saturated carbocycles. The number of pyridine rings is 2. The molecule has 6 nitrogen and oxygen atoms in total. The third-order valence-electron chi connectivity index (χ3n) is 2.33. The predicted octanol–water partition coefficient (Wildman–Crippen LogP) is 2.08. The summed E-state index contributed by atoms with van der Waals surface area (Å²) in [6.07, 6.45) is 4.30. The van der Waals surface area contributed by atoms with E-state index < -0.39 is 10.0 Å². The average molecular weight is 343 g/mol. The highest BCUT2D eigenvalue weighted by Crippen LogP contribution is 2.25. The topological polar surface area (TPSA) is 84.0 Å². The minimum absolute atomic E-state index is 0.0649. The van der Waals surface area contributed by atoms with Gasteiger partial charge in [-0.25, -0.2) is 13.4 Å². The van der Waals surface area contributed by atoms with E-state index in [1.165, 1.54) is 18.6 Å². The van der Waals surface area contributed by atoms with Crippen LogP contribution in [0.4, 0.5) is 11.5 Å². The predicted molar refractivity (Wildman–Crippen MR) is 76.5 cm³/mol. The Balaban J connectivity index is 2.41. The molecule has 0 amide bonds. The van der Waals surface area contributed by atoms with Crippen LogP contribution in [-0.2, 0) is 10.0 Å². The molecule has 0 fully saturated rings. The number of halogens is 1. The van der Waals surface area contributed by atoms with Crippen LogP contribution in [0.25, 0.3) is 0 Å². The molecule has 0 saturated heterocycles. The highest BCUT2D eigenvalue weighted by atomic mass is 79.9. The maximum Gasteiger partial charge on any atom is 0.266 e. The van der Waals surface area contributed by atoms with Gasteiger partial charge in [0.15, 0.2) is 5.82 Å². The molecule has 0 bridgehead atoms. The molecule has 0 atom stereocenters. The van der Waals surface area contributed by atoms with Crippen LogP contribution in [0.2, 0.25) is 0 Å². The Morgan fingerprint density at radius 2 is 2.05 bits per heavy atom. The quantitative estimate of drug-likeness (QED) is 0.888. The van der Waals surface area contributed by atoms with Crippen LogP contribution in [0.5, 0.6) is 0 Å². The molecule has 19 heavy (non-hydrogen) atoms. The zero-order chi connectivity index (χ0) is 13.9. The van der Waals surface area contributed by atoms with Crippen LogP contribution in [0.1, 0.15) is 0 Å².